The molecule has 0 rings (SSSR count). The van der Waals surface area contributed by atoms with Crippen molar-refractivity contribution in [3.8, 4) is 0 Å². The van der Waals surface area contributed by atoms with Crippen molar-refractivity contribution in [1.82, 2.24) is 0 Å². The molecule has 0 fully saturated rings. The van der Waals surface area contributed by atoms with Crippen LogP contribution in [0.15, 0.2) is 0 Å². The quantitative estimate of drug-likeness (QED) is 0.563. The van der Waals surface area contributed by atoms with Crippen molar-refractivity contribution in [2.24, 2.45) is 0 Å². The van der Waals surface area contributed by atoms with E-state index in [9.17, 15) is 0 Å². The molecule has 0 heterocycles. The van der Waals surface area contributed by atoms with Crippen molar-refractivity contribution in [3.63, 3.8) is 0 Å². The van der Waals surface area contributed by atoms with E-state index in [-0.39, 0.29) is 57.9 Å². The fourth-order valence-electron chi connectivity index (χ4n) is 0. The molecule has 0 aromatic carbocycles. The molecule has 0 aromatic heterocycles. The molecule has 0 spiro atoms. The maximum atomic E-state index is 7.94. The van der Waals surface area contributed by atoms with E-state index in [0.29, 0.717) is 0 Å². The van der Waals surface area contributed by atoms with Crippen molar-refractivity contribution in [3.05, 3.63) is 0 Å². The molecular formula is CoFeNdO. The Bertz CT molecular complexity index is 8.00. The fraction of sp³-hybridized carbons (Fsp3) is 0. The molecule has 0 amide bonds. The van der Waals surface area contributed by atoms with E-state index in [1.807, 2.05) is 0 Å². The van der Waals surface area contributed by atoms with E-state index in [1.165, 1.54) is 0 Å². The monoisotopic (exact) mass is 273 g/mol. The van der Waals surface area contributed by atoms with Gasteiger partial charge in [0, 0.05) is 57.9 Å². The summed E-state index contributed by atoms with van der Waals surface area (Å²) in [6.07, 6.45) is 0. The first kappa shape index (κ1) is 16.4. The van der Waals surface area contributed by atoms with Gasteiger partial charge in [0.1, 0.15) is 0 Å². The topological polar surface area (TPSA) is 17.1 Å². The fourth-order valence-corrected chi connectivity index (χ4v) is 0. The second-order valence-electron chi connectivity index (χ2n) is 0. The predicted octanol–water partition coefficient (Wildman–Crippen LogP) is -0.124. The Morgan fingerprint density at radius 2 is 1.25 bits per heavy atom. The van der Waals surface area contributed by atoms with Gasteiger partial charge in [-0.1, -0.05) is 0 Å². The van der Waals surface area contributed by atoms with E-state index in [0.717, 1.165) is 0 Å². The van der Waals surface area contributed by atoms with Gasteiger partial charge in [-0.15, -0.1) is 0 Å². The molecule has 0 radical (unpaired) electrons. The molecule has 0 saturated heterocycles. The minimum atomic E-state index is 0. The molecular weight excluding hydrogens is 275 g/mol. The van der Waals surface area contributed by atoms with Gasteiger partial charge in [0.05, 0.1) is 0 Å². The van der Waals surface area contributed by atoms with Crippen LogP contribution >= 0.6 is 0 Å². The summed E-state index contributed by atoms with van der Waals surface area (Å²) in [5.41, 5.74) is 0. The zero-order chi connectivity index (χ0) is 2.00. The molecule has 0 aliphatic rings. The van der Waals surface area contributed by atoms with Crippen molar-refractivity contribution < 1.29 is 77.4 Å². The van der Waals surface area contributed by atoms with E-state index < -0.39 is 0 Å². The summed E-state index contributed by atoms with van der Waals surface area (Å²) >= 11 is 2.31. The van der Waals surface area contributed by atoms with E-state index in [2.05, 4.69) is 15.7 Å². The van der Waals surface area contributed by atoms with Crippen LogP contribution in [-0.2, 0) is 36.6 Å². The van der Waals surface area contributed by atoms with Gasteiger partial charge in [-0.3, -0.25) is 0 Å². The van der Waals surface area contributed by atoms with Gasteiger partial charge in [0.25, 0.3) is 0 Å². The Morgan fingerprint density at radius 1 is 1.25 bits per heavy atom. The average Bonchev–Trinajstić information content (AvgIpc) is 1.00. The molecule has 0 aliphatic heterocycles. The molecule has 0 bridgehead atoms. The van der Waals surface area contributed by atoms with Crippen molar-refractivity contribution in [2.75, 3.05) is 0 Å². The van der Waals surface area contributed by atoms with Crippen LogP contribution in [0.3, 0.4) is 0 Å². The minimum absolute atomic E-state index is 0. The number of hydrogen-bond donors (Lipinski definition) is 0. The van der Waals surface area contributed by atoms with Crippen molar-refractivity contribution >= 4 is 0 Å². The zero-order valence-electron chi connectivity index (χ0n) is 1.60. The molecule has 0 saturated carbocycles. The summed E-state index contributed by atoms with van der Waals surface area (Å²) in [6, 6.07) is 0. The van der Waals surface area contributed by atoms with E-state index >= 15 is 0 Å². The van der Waals surface area contributed by atoms with Gasteiger partial charge in [0.15, 0.2) is 0 Å². The Balaban J connectivity index is -0.00000000500. The van der Waals surface area contributed by atoms with Crippen LogP contribution in [0.1, 0.15) is 0 Å². The Morgan fingerprint density at radius 3 is 1.25 bits per heavy atom. The van der Waals surface area contributed by atoms with Gasteiger partial charge >= 0.3 is 19.5 Å². The van der Waals surface area contributed by atoms with E-state index in [1.54, 1.807) is 0 Å². The predicted molar refractivity (Wildman–Crippen MR) is 0.686 cm³/mol. The summed E-state index contributed by atoms with van der Waals surface area (Å²) in [5, 5.41) is 0. The van der Waals surface area contributed by atoms with Gasteiger partial charge in [-0.2, -0.15) is 0 Å². The van der Waals surface area contributed by atoms with Crippen LogP contribution in [0.5, 0.6) is 0 Å². The van der Waals surface area contributed by atoms with Gasteiger partial charge in [-0.25, -0.2) is 0 Å². The number of rotatable bonds is 0. The second kappa shape index (κ2) is 19.1. The molecule has 27 valence electrons. The maximum absolute atomic E-state index is 7.94. The molecule has 0 N–H and O–H groups in total. The molecule has 0 aromatic rings. The van der Waals surface area contributed by atoms with Gasteiger partial charge < -0.3 is 0 Å². The summed E-state index contributed by atoms with van der Waals surface area (Å²) in [5.74, 6) is 0. The first-order chi connectivity index (χ1) is 1.00. The van der Waals surface area contributed by atoms with Gasteiger partial charge in [-0.05, 0) is 0 Å². The van der Waals surface area contributed by atoms with Crippen LogP contribution in [0.4, 0.5) is 0 Å². The molecule has 0 atom stereocenters. The molecule has 4 heteroatoms. The third-order valence-corrected chi connectivity index (χ3v) is 0. The summed E-state index contributed by atoms with van der Waals surface area (Å²) < 4.78 is 7.94. The summed E-state index contributed by atoms with van der Waals surface area (Å²) in [4.78, 5) is 0. The standard InChI is InChI=1S/Co.Fe.Nd.O. The average molecular weight is 275 g/mol. The van der Waals surface area contributed by atoms with Crippen molar-refractivity contribution in [2.45, 2.75) is 0 Å². The Kier molecular flexibility index (Phi) is 78.2. The molecule has 0 unspecified atom stereocenters. The third kappa shape index (κ3) is 8.90. The summed E-state index contributed by atoms with van der Waals surface area (Å²) in [7, 11) is 0. The zero-order valence-corrected chi connectivity index (χ0v) is 6.95. The first-order valence-electron chi connectivity index (χ1n) is 0.136. The first-order valence-corrected chi connectivity index (χ1v) is 0.561. The van der Waals surface area contributed by atoms with Crippen LogP contribution < -0.4 is 0 Å². The second-order valence-corrected chi connectivity index (χ2v) is 0. The van der Waals surface area contributed by atoms with Crippen LogP contribution in [0.2, 0.25) is 0 Å². The molecule has 1 nitrogen and oxygen atoms in total. The van der Waals surface area contributed by atoms with Crippen molar-refractivity contribution in [1.29, 1.82) is 0 Å². The molecule has 4 heavy (non-hydrogen) atoms. The third-order valence-electron chi connectivity index (χ3n) is 0. The van der Waals surface area contributed by atoms with E-state index in [4.69, 9.17) is 3.87 Å². The molecule has 0 aliphatic carbocycles. The Labute approximate surface area is 76.1 Å². The van der Waals surface area contributed by atoms with Crippen LogP contribution in [-0.4, -0.2) is 0 Å². The van der Waals surface area contributed by atoms with Crippen LogP contribution in [0, 0.1) is 40.8 Å². The number of hydrogen-bond acceptors (Lipinski definition) is 1. The van der Waals surface area contributed by atoms with Gasteiger partial charge in [0.2, 0.25) is 0 Å². The summed E-state index contributed by atoms with van der Waals surface area (Å²) in [6.45, 7) is 0. The normalized spacial score (nSPS) is 1.25. The van der Waals surface area contributed by atoms with Crippen LogP contribution in [0.25, 0.3) is 0 Å². The SMILES string of the molecule is [Fe].[Nd].[O]=[Co]. The Hall–Kier alpha value is 2.18.